The topological polar surface area (TPSA) is 176 Å². The Bertz CT molecular complexity index is 753. The number of hydrogen-bond donors (Lipinski definition) is 3. The number of likely N-dealkylation sites (N-methyl/N-ethyl adjacent to an activating group) is 1. The van der Waals surface area contributed by atoms with Gasteiger partial charge in [-0.05, 0) is 0 Å². The minimum atomic E-state index is -3.42. The van der Waals surface area contributed by atoms with Crippen LogP contribution in [-0.4, -0.2) is 121 Å². The van der Waals surface area contributed by atoms with Crippen molar-refractivity contribution >= 4 is 55.9 Å². The van der Waals surface area contributed by atoms with Crippen molar-refractivity contribution in [3.05, 3.63) is 0 Å². The van der Waals surface area contributed by atoms with Crippen LogP contribution in [0.25, 0.3) is 0 Å². The summed E-state index contributed by atoms with van der Waals surface area (Å²) in [6, 6.07) is 0. The van der Waals surface area contributed by atoms with Gasteiger partial charge < -0.3 is 15.1 Å². The summed E-state index contributed by atoms with van der Waals surface area (Å²) in [5.41, 5.74) is 0. The van der Waals surface area contributed by atoms with Crippen molar-refractivity contribution < 1.29 is 26.4 Å². The van der Waals surface area contributed by atoms with Crippen LogP contribution >= 0.6 is 24.0 Å². The first-order chi connectivity index (χ1) is 13.1. The largest absolute Gasteiger partial charge is 0.348 e. The Morgan fingerprint density at radius 3 is 1.50 bits per heavy atom. The predicted molar refractivity (Wildman–Crippen MR) is 118 cm³/mol. The van der Waals surface area contributed by atoms with E-state index in [1.165, 1.54) is 9.80 Å². The lowest BCUT2D eigenvalue weighted by Crippen LogP contribution is -2.58. The molecule has 5 N–H and O–H groups in total. The van der Waals surface area contributed by atoms with Crippen molar-refractivity contribution in [3.63, 3.8) is 0 Å². The molecule has 16 heteroatoms. The molecule has 2 aliphatic rings. The molecule has 180 valence electrons. The average Bonchev–Trinajstić information content (AvgIpc) is 2.45. The summed E-state index contributed by atoms with van der Waals surface area (Å²) in [7, 11) is 0.0244. The molecule has 2 amide bonds. The van der Waals surface area contributed by atoms with E-state index in [1.807, 2.05) is 0 Å². The Morgan fingerprint density at radius 2 is 1.33 bits per heavy atom. The van der Waals surface area contributed by atoms with E-state index in [-0.39, 0.29) is 41.9 Å². The highest BCUT2D eigenvalue weighted by Gasteiger charge is 2.35. The molecule has 12 nitrogen and oxygen atoms in total. The van der Waals surface area contributed by atoms with Crippen LogP contribution in [0.2, 0.25) is 0 Å². The van der Waals surface area contributed by atoms with Crippen LogP contribution in [-0.2, 0) is 29.6 Å². The number of carbonyl (C=O) groups excluding carboxylic acids is 2. The molecule has 0 unspecified atom stereocenters. The average molecular weight is 515 g/mol. The van der Waals surface area contributed by atoms with Gasteiger partial charge in [0.05, 0.1) is 11.8 Å². The van der Waals surface area contributed by atoms with E-state index in [1.54, 1.807) is 33.1 Å². The molecule has 0 spiro atoms. The van der Waals surface area contributed by atoms with Crippen molar-refractivity contribution in [2.45, 2.75) is 10.5 Å². The molecule has 2 heterocycles. The smallest absolute Gasteiger partial charge is 0.236 e. The highest BCUT2D eigenvalue weighted by Crippen LogP contribution is 2.13. The molecule has 0 aromatic rings. The van der Waals surface area contributed by atoms with Crippen LogP contribution < -0.4 is 15.6 Å². The van der Waals surface area contributed by atoms with Gasteiger partial charge in [-0.15, -0.1) is 24.0 Å². The van der Waals surface area contributed by atoms with Gasteiger partial charge in [0.15, 0.2) is 0 Å². The fourth-order valence-corrected chi connectivity index (χ4v) is 3.58. The maximum atomic E-state index is 11.2. The highest BCUT2D eigenvalue weighted by molar-refractivity contribution is 7.90. The minimum Gasteiger partial charge on any atom is -0.348 e. The highest BCUT2D eigenvalue weighted by atomic mass is 35.5. The molecule has 30 heavy (non-hydrogen) atoms. The van der Waals surface area contributed by atoms with E-state index < -0.39 is 25.3 Å². The number of nitrogens with one attached hydrogen (secondary N) is 1. The third kappa shape index (κ3) is 12.2. The number of nitrogens with zero attached hydrogens (tertiary/aromatic N) is 3. The Kier molecular flexibility index (Phi) is 14.3. The standard InChI is InChI=1S/C7H15N3O3S.C4H8ClNO.C3H8N2O2S.ClH/c1-9(2)7(11)5-10-3-6(4-10)14(8,12)13;1-6(2)4(7)3-5;4-8(6,7)3-1-5-2-3;/h6H,3-5H2,1-2H3,(H2,8,12,13);3H2,1-2H3;3,5H,1-2H2,(H2,4,6,7);1H. The number of alkyl halides is 1. The molecular formula is C14H32Cl2N6O6S2. The third-order valence-corrected chi connectivity index (χ3v) is 6.79. The number of hydrogen-bond acceptors (Lipinski definition) is 8. The number of amides is 2. The van der Waals surface area contributed by atoms with E-state index >= 15 is 0 Å². The number of sulfonamides is 2. The maximum Gasteiger partial charge on any atom is 0.236 e. The first kappa shape index (κ1) is 31.4. The summed E-state index contributed by atoms with van der Waals surface area (Å²) in [5, 5.41) is 11.7. The van der Waals surface area contributed by atoms with Gasteiger partial charge in [-0.3, -0.25) is 14.5 Å². The molecule has 2 fully saturated rings. The first-order valence-corrected chi connectivity index (χ1v) is 12.3. The molecule has 0 saturated carbocycles. The second kappa shape index (κ2) is 13.6. The number of nitrogens with two attached hydrogens (primary N) is 2. The molecule has 2 saturated heterocycles. The second-order valence-corrected chi connectivity index (χ2v) is 10.9. The molecule has 0 aliphatic carbocycles. The maximum absolute atomic E-state index is 11.2. The normalized spacial score (nSPS) is 16.9. The van der Waals surface area contributed by atoms with Gasteiger partial charge >= 0.3 is 0 Å². The summed E-state index contributed by atoms with van der Waals surface area (Å²) < 4.78 is 42.4. The Hall–Kier alpha value is -0.740. The summed E-state index contributed by atoms with van der Waals surface area (Å²) in [6.45, 7) is 2.01. The van der Waals surface area contributed by atoms with Gasteiger partial charge in [0, 0.05) is 54.4 Å². The summed E-state index contributed by atoms with van der Waals surface area (Å²) in [5.74, 6) is -0.00737. The Morgan fingerprint density at radius 1 is 0.933 bits per heavy atom. The van der Waals surface area contributed by atoms with Crippen LogP contribution in [0, 0.1) is 0 Å². The Labute approximate surface area is 189 Å². The van der Waals surface area contributed by atoms with E-state index in [2.05, 4.69) is 5.32 Å². The van der Waals surface area contributed by atoms with Crippen molar-refractivity contribution in [3.8, 4) is 0 Å². The molecule has 0 atom stereocenters. The van der Waals surface area contributed by atoms with Gasteiger partial charge in [0.2, 0.25) is 31.9 Å². The van der Waals surface area contributed by atoms with E-state index in [9.17, 15) is 26.4 Å². The lowest BCUT2D eigenvalue weighted by atomic mass is 10.2. The van der Waals surface area contributed by atoms with E-state index in [4.69, 9.17) is 21.9 Å². The number of likely N-dealkylation sites (tertiary alicyclic amines) is 1. The van der Waals surface area contributed by atoms with Gasteiger partial charge in [-0.2, -0.15) is 0 Å². The lowest BCUT2D eigenvalue weighted by molar-refractivity contribution is -0.130. The van der Waals surface area contributed by atoms with Crippen molar-refractivity contribution in [2.75, 3.05) is 66.8 Å². The molecule has 2 rings (SSSR count). The summed E-state index contributed by atoms with van der Waals surface area (Å²) in [4.78, 5) is 26.2. The molecule has 0 bridgehead atoms. The third-order valence-electron chi connectivity index (χ3n) is 4.07. The fourth-order valence-electron chi connectivity index (χ4n) is 1.81. The predicted octanol–water partition coefficient (Wildman–Crippen LogP) is -2.97. The van der Waals surface area contributed by atoms with Crippen molar-refractivity contribution in [1.82, 2.24) is 20.0 Å². The lowest BCUT2D eigenvalue weighted by Gasteiger charge is -2.37. The zero-order valence-electron chi connectivity index (χ0n) is 17.4. The van der Waals surface area contributed by atoms with Gasteiger partial charge in [0.1, 0.15) is 11.1 Å². The molecule has 2 aliphatic heterocycles. The summed E-state index contributed by atoms with van der Waals surface area (Å²) in [6.07, 6.45) is 0. The van der Waals surface area contributed by atoms with Crippen LogP contribution in [0.3, 0.4) is 0 Å². The molecule has 0 radical (unpaired) electrons. The number of rotatable bonds is 5. The second-order valence-electron chi connectivity index (χ2n) is 6.98. The molecule has 0 aromatic carbocycles. The number of halogens is 2. The monoisotopic (exact) mass is 514 g/mol. The van der Waals surface area contributed by atoms with Gasteiger partial charge in [0.25, 0.3) is 0 Å². The minimum absolute atomic E-state index is 0. The zero-order valence-corrected chi connectivity index (χ0v) is 20.7. The van der Waals surface area contributed by atoms with Crippen LogP contribution in [0.4, 0.5) is 0 Å². The summed E-state index contributed by atoms with van der Waals surface area (Å²) >= 11 is 5.16. The fraction of sp³-hybridized carbons (Fsp3) is 0.857. The van der Waals surface area contributed by atoms with Gasteiger partial charge in [-0.1, -0.05) is 0 Å². The van der Waals surface area contributed by atoms with E-state index in [0.717, 1.165) is 0 Å². The van der Waals surface area contributed by atoms with Crippen molar-refractivity contribution in [1.29, 1.82) is 0 Å². The van der Waals surface area contributed by atoms with Crippen LogP contribution in [0.15, 0.2) is 0 Å². The zero-order chi connectivity index (χ0) is 23.0. The van der Waals surface area contributed by atoms with Crippen LogP contribution in [0.5, 0.6) is 0 Å². The van der Waals surface area contributed by atoms with E-state index in [0.29, 0.717) is 26.2 Å². The number of carbonyl (C=O) groups is 2. The van der Waals surface area contributed by atoms with Crippen molar-refractivity contribution in [2.24, 2.45) is 10.3 Å². The molecule has 0 aromatic heterocycles. The Balaban J connectivity index is 0. The van der Waals surface area contributed by atoms with Crippen LogP contribution in [0.1, 0.15) is 0 Å². The molecular weight excluding hydrogens is 483 g/mol. The quantitative estimate of drug-likeness (QED) is 0.325. The van der Waals surface area contributed by atoms with Gasteiger partial charge in [-0.25, -0.2) is 27.1 Å². The first-order valence-electron chi connectivity index (χ1n) is 8.52. The SMILES string of the molecule is CN(C)C(=O)CCl.CN(C)C(=O)CN1CC(S(N)(=O)=O)C1.Cl.NS(=O)(=O)C1CNC1. The number of primary sulfonamides is 2.